The summed E-state index contributed by atoms with van der Waals surface area (Å²) < 4.78 is 6.23. The molecular weight excluding hydrogens is 364 g/mol. The SMILES string of the molecule is Cc1nn(CC(=O)OCC(=O)NC2CCCc3ccccc32)c(C)c1[N+](=O)[O-]. The maximum absolute atomic E-state index is 12.2. The van der Waals surface area contributed by atoms with Crippen molar-refractivity contribution in [3.05, 3.63) is 56.9 Å². The molecule has 1 aromatic heterocycles. The number of carbonyl (C=O) groups excluding carboxylic acids is 2. The van der Waals surface area contributed by atoms with Crippen LogP contribution in [0.5, 0.6) is 0 Å². The van der Waals surface area contributed by atoms with Gasteiger partial charge in [0.05, 0.1) is 11.0 Å². The topological polar surface area (TPSA) is 116 Å². The standard InChI is InChI=1S/C19H22N4O5/c1-12-19(23(26)27)13(2)22(21-12)10-18(25)28-11-17(24)20-16-9-5-7-14-6-3-4-8-15(14)16/h3-4,6,8,16H,5,7,9-11H2,1-2H3,(H,20,24). The molecule has 1 aliphatic carbocycles. The quantitative estimate of drug-likeness (QED) is 0.462. The highest BCUT2D eigenvalue weighted by molar-refractivity contribution is 5.81. The molecule has 9 heteroatoms. The largest absolute Gasteiger partial charge is 0.454 e. The van der Waals surface area contributed by atoms with E-state index in [0.29, 0.717) is 0 Å². The molecular formula is C19H22N4O5. The first kappa shape index (κ1) is 19.5. The summed E-state index contributed by atoms with van der Waals surface area (Å²) >= 11 is 0. The molecule has 1 aliphatic rings. The second kappa shape index (κ2) is 8.20. The van der Waals surface area contributed by atoms with Crippen LogP contribution in [0.15, 0.2) is 24.3 Å². The Bertz CT molecular complexity index is 921. The van der Waals surface area contributed by atoms with E-state index in [1.807, 2.05) is 18.2 Å². The molecule has 9 nitrogen and oxygen atoms in total. The normalized spacial score (nSPS) is 15.6. The molecule has 148 valence electrons. The summed E-state index contributed by atoms with van der Waals surface area (Å²) in [4.78, 5) is 34.7. The summed E-state index contributed by atoms with van der Waals surface area (Å²) in [5.41, 5.74) is 2.69. The molecule has 1 aromatic carbocycles. The Balaban J connectivity index is 1.54. The van der Waals surface area contributed by atoms with E-state index in [2.05, 4.69) is 16.5 Å². The summed E-state index contributed by atoms with van der Waals surface area (Å²) in [7, 11) is 0. The average Bonchev–Trinajstić information content (AvgIpc) is 2.93. The fourth-order valence-corrected chi connectivity index (χ4v) is 3.56. The number of ether oxygens (including phenoxy) is 1. The van der Waals surface area contributed by atoms with Gasteiger partial charge in [0.25, 0.3) is 5.91 Å². The Hall–Kier alpha value is -3.23. The van der Waals surface area contributed by atoms with Crippen molar-refractivity contribution in [1.29, 1.82) is 0 Å². The van der Waals surface area contributed by atoms with Crippen LogP contribution in [0.25, 0.3) is 0 Å². The lowest BCUT2D eigenvalue weighted by Crippen LogP contribution is -2.34. The summed E-state index contributed by atoms with van der Waals surface area (Å²) in [6.45, 7) is 2.32. The Labute approximate surface area is 161 Å². The summed E-state index contributed by atoms with van der Waals surface area (Å²) in [5, 5.41) is 17.9. The maximum atomic E-state index is 12.2. The first-order chi connectivity index (χ1) is 13.4. The number of hydrogen-bond acceptors (Lipinski definition) is 6. The van der Waals surface area contributed by atoms with Crippen molar-refractivity contribution in [2.24, 2.45) is 0 Å². The number of amides is 1. The van der Waals surface area contributed by atoms with E-state index in [4.69, 9.17) is 4.74 Å². The second-order valence-corrected chi connectivity index (χ2v) is 6.81. The highest BCUT2D eigenvalue weighted by Crippen LogP contribution is 2.29. The van der Waals surface area contributed by atoms with Gasteiger partial charge in [-0.1, -0.05) is 24.3 Å². The van der Waals surface area contributed by atoms with Crippen LogP contribution in [0, 0.1) is 24.0 Å². The fourth-order valence-electron chi connectivity index (χ4n) is 3.56. The van der Waals surface area contributed by atoms with Crippen LogP contribution < -0.4 is 5.32 Å². The third-order valence-corrected chi connectivity index (χ3v) is 4.87. The third-order valence-electron chi connectivity index (χ3n) is 4.87. The van der Waals surface area contributed by atoms with E-state index in [0.717, 1.165) is 24.8 Å². The lowest BCUT2D eigenvalue weighted by Gasteiger charge is -2.26. The van der Waals surface area contributed by atoms with Crippen LogP contribution in [0.1, 0.15) is 41.4 Å². The number of fused-ring (bicyclic) bond motifs is 1. The molecule has 0 saturated carbocycles. The molecule has 2 aromatic rings. The molecule has 1 atom stereocenters. The lowest BCUT2D eigenvalue weighted by molar-refractivity contribution is -0.386. The smallest absolute Gasteiger partial charge is 0.328 e. The van der Waals surface area contributed by atoms with Crippen molar-refractivity contribution in [2.75, 3.05) is 6.61 Å². The first-order valence-corrected chi connectivity index (χ1v) is 9.08. The molecule has 0 spiro atoms. The van der Waals surface area contributed by atoms with E-state index in [1.54, 1.807) is 0 Å². The van der Waals surface area contributed by atoms with Gasteiger partial charge in [0.2, 0.25) is 0 Å². The lowest BCUT2D eigenvalue weighted by atomic mass is 9.88. The molecule has 28 heavy (non-hydrogen) atoms. The van der Waals surface area contributed by atoms with Crippen molar-refractivity contribution in [3.8, 4) is 0 Å². The van der Waals surface area contributed by atoms with Crippen molar-refractivity contribution < 1.29 is 19.2 Å². The van der Waals surface area contributed by atoms with Gasteiger partial charge in [0, 0.05) is 0 Å². The number of hydrogen-bond donors (Lipinski definition) is 1. The Morgan fingerprint density at radius 2 is 2.11 bits per heavy atom. The monoisotopic (exact) mass is 386 g/mol. The highest BCUT2D eigenvalue weighted by Gasteiger charge is 2.24. The summed E-state index contributed by atoms with van der Waals surface area (Å²) in [6.07, 6.45) is 2.82. The molecule has 0 fully saturated rings. The van der Waals surface area contributed by atoms with Gasteiger partial charge < -0.3 is 10.1 Å². The second-order valence-electron chi connectivity index (χ2n) is 6.81. The average molecular weight is 386 g/mol. The van der Waals surface area contributed by atoms with Crippen LogP contribution in [0.2, 0.25) is 0 Å². The number of benzene rings is 1. The number of aryl methyl sites for hydroxylation is 2. The summed E-state index contributed by atoms with van der Waals surface area (Å²) in [6, 6.07) is 7.89. The molecule has 1 unspecified atom stereocenters. The van der Waals surface area contributed by atoms with Crippen molar-refractivity contribution >= 4 is 17.6 Å². The van der Waals surface area contributed by atoms with E-state index >= 15 is 0 Å². The van der Waals surface area contributed by atoms with E-state index in [9.17, 15) is 19.7 Å². The van der Waals surface area contributed by atoms with Crippen molar-refractivity contribution in [3.63, 3.8) is 0 Å². The van der Waals surface area contributed by atoms with Crippen LogP contribution in [-0.4, -0.2) is 33.2 Å². The number of nitrogens with one attached hydrogen (secondary N) is 1. The van der Waals surface area contributed by atoms with Crippen LogP contribution in [0.3, 0.4) is 0 Å². The zero-order valence-electron chi connectivity index (χ0n) is 15.8. The van der Waals surface area contributed by atoms with Gasteiger partial charge in [-0.2, -0.15) is 5.10 Å². The molecule has 3 rings (SSSR count). The number of nitro groups is 1. The number of esters is 1. The molecule has 0 saturated heterocycles. The van der Waals surface area contributed by atoms with Crippen molar-refractivity contribution in [1.82, 2.24) is 15.1 Å². The minimum atomic E-state index is -0.681. The number of nitrogens with zero attached hydrogens (tertiary/aromatic N) is 3. The maximum Gasteiger partial charge on any atom is 0.328 e. The van der Waals surface area contributed by atoms with Gasteiger partial charge in [-0.25, -0.2) is 0 Å². The third kappa shape index (κ3) is 4.19. The van der Waals surface area contributed by atoms with Gasteiger partial charge in [-0.3, -0.25) is 24.4 Å². The zero-order valence-corrected chi connectivity index (χ0v) is 15.8. The molecule has 0 bridgehead atoms. The van der Waals surface area contributed by atoms with E-state index in [1.165, 1.54) is 24.1 Å². The Kier molecular flexibility index (Phi) is 5.72. The van der Waals surface area contributed by atoms with E-state index < -0.39 is 17.5 Å². The predicted octanol–water partition coefficient (Wildman–Crippen LogP) is 2.15. The number of aromatic nitrogens is 2. The Morgan fingerprint density at radius 1 is 1.36 bits per heavy atom. The van der Waals surface area contributed by atoms with E-state index in [-0.39, 0.29) is 35.6 Å². The van der Waals surface area contributed by atoms with Crippen LogP contribution >= 0.6 is 0 Å². The van der Waals surface area contributed by atoms with Gasteiger partial charge in [0.15, 0.2) is 6.61 Å². The zero-order chi connectivity index (χ0) is 20.3. The predicted molar refractivity (Wildman–Crippen MR) is 99.6 cm³/mol. The Morgan fingerprint density at radius 3 is 2.82 bits per heavy atom. The van der Waals surface area contributed by atoms with Gasteiger partial charge in [-0.15, -0.1) is 0 Å². The first-order valence-electron chi connectivity index (χ1n) is 9.08. The molecule has 1 heterocycles. The van der Waals surface area contributed by atoms with Gasteiger partial charge in [0.1, 0.15) is 17.9 Å². The van der Waals surface area contributed by atoms with Gasteiger partial charge in [-0.05, 0) is 44.2 Å². The minimum absolute atomic E-state index is 0.0881. The number of carbonyl (C=O) groups is 2. The highest BCUT2D eigenvalue weighted by atomic mass is 16.6. The molecule has 0 aliphatic heterocycles. The minimum Gasteiger partial charge on any atom is -0.454 e. The van der Waals surface area contributed by atoms with Crippen LogP contribution in [-0.2, 0) is 27.3 Å². The molecule has 1 N–H and O–H groups in total. The molecule has 1 amide bonds. The number of rotatable bonds is 6. The van der Waals surface area contributed by atoms with Crippen LogP contribution in [0.4, 0.5) is 5.69 Å². The van der Waals surface area contributed by atoms with Gasteiger partial charge >= 0.3 is 11.7 Å². The van der Waals surface area contributed by atoms with Crippen molar-refractivity contribution in [2.45, 2.75) is 45.7 Å². The summed E-state index contributed by atoms with van der Waals surface area (Å²) in [5.74, 6) is -1.06. The fraction of sp³-hybridized carbons (Fsp3) is 0.421. The molecule has 0 radical (unpaired) electrons.